The van der Waals surface area contributed by atoms with Crippen molar-refractivity contribution < 1.29 is 8.42 Å². The van der Waals surface area contributed by atoms with E-state index in [-0.39, 0.29) is 4.90 Å². The zero-order valence-corrected chi connectivity index (χ0v) is 12.3. The molecule has 0 unspecified atom stereocenters. The van der Waals surface area contributed by atoms with E-state index in [4.69, 9.17) is 5.73 Å². The molecule has 106 valence electrons. The third-order valence-electron chi connectivity index (χ3n) is 3.02. The van der Waals surface area contributed by atoms with Crippen LogP contribution in [-0.2, 0) is 10.0 Å². The normalized spacial score (nSPS) is 11.3. The van der Waals surface area contributed by atoms with Crippen molar-refractivity contribution in [2.75, 3.05) is 16.6 Å². The Bertz CT molecular complexity index is 697. The molecule has 0 aliphatic heterocycles. The van der Waals surface area contributed by atoms with Gasteiger partial charge < -0.3 is 5.73 Å². The van der Waals surface area contributed by atoms with E-state index in [1.165, 1.54) is 22.6 Å². The highest BCUT2D eigenvalue weighted by atomic mass is 32.2. The molecule has 5 nitrogen and oxygen atoms in total. The maximum Gasteiger partial charge on any atom is 0.265 e. The molecule has 20 heavy (non-hydrogen) atoms. The fraction of sp³-hybridized carbons (Fsp3) is 0.214. The average molecular weight is 291 g/mol. The molecule has 2 aromatic rings. The van der Waals surface area contributed by atoms with Gasteiger partial charge in [-0.3, -0.25) is 4.31 Å². The van der Waals surface area contributed by atoms with Gasteiger partial charge in [0.2, 0.25) is 0 Å². The quantitative estimate of drug-likeness (QED) is 0.936. The first kappa shape index (κ1) is 14.3. The Hall–Kier alpha value is -2.08. The van der Waals surface area contributed by atoms with Gasteiger partial charge in [-0.05, 0) is 37.6 Å². The first-order valence-electron chi connectivity index (χ1n) is 6.26. The summed E-state index contributed by atoms with van der Waals surface area (Å²) < 4.78 is 26.7. The number of nitrogen functional groups attached to an aromatic ring is 1. The Morgan fingerprint density at radius 1 is 1.20 bits per heavy atom. The summed E-state index contributed by atoms with van der Waals surface area (Å²) >= 11 is 0. The number of para-hydroxylation sites is 1. The summed E-state index contributed by atoms with van der Waals surface area (Å²) in [5.41, 5.74) is 7.07. The molecule has 1 aromatic carbocycles. The first-order valence-corrected chi connectivity index (χ1v) is 7.70. The molecular weight excluding hydrogens is 274 g/mol. The highest BCUT2D eigenvalue weighted by Gasteiger charge is 2.24. The summed E-state index contributed by atoms with van der Waals surface area (Å²) in [7, 11) is -3.63. The van der Waals surface area contributed by atoms with Crippen LogP contribution in [0.25, 0.3) is 0 Å². The van der Waals surface area contributed by atoms with E-state index in [1.807, 2.05) is 25.1 Å². The maximum absolute atomic E-state index is 12.7. The summed E-state index contributed by atoms with van der Waals surface area (Å²) in [6.07, 6.45) is 1.28. The Labute approximate surface area is 119 Å². The van der Waals surface area contributed by atoms with E-state index < -0.39 is 10.0 Å². The van der Waals surface area contributed by atoms with Crippen molar-refractivity contribution in [3.8, 4) is 0 Å². The lowest BCUT2D eigenvalue weighted by Crippen LogP contribution is -2.31. The van der Waals surface area contributed by atoms with Gasteiger partial charge in [0.15, 0.2) is 0 Å². The molecule has 6 heteroatoms. The van der Waals surface area contributed by atoms with Crippen LogP contribution in [0.3, 0.4) is 0 Å². The highest BCUT2D eigenvalue weighted by molar-refractivity contribution is 7.92. The van der Waals surface area contributed by atoms with Crippen LogP contribution in [0.1, 0.15) is 12.5 Å². The Morgan fingerprint density at radius 3 is 2.45 bits per heavy atom. The van der Waals surface area contributed by atoms with Crippen LogP contribution in [0.2, 0.25) is 0 Å². The van der Waals surface area contributed by atoms with Gasteiger partial charge in [0.05, 0.1) is 5.69 Å². The van der Waals surface area contributed by atoms with E-state index in [0.29, 0.717) is 18.1 Å². The molecule has 1 aromatic heterocycles. The number of pyridine rings is 1. The molecule has 0 atom stereocenters. The minimum atomic E-state index is -3.63. The first-order chi connectivity index (χ1) is 9.46. The maximum atomic E-state index is 12.7. The van der Waals surface area contributed by atoms with Gasteiger partial charge in [-0.1, -0.05) is 18.2 Å². The van der Waals surface area contributed by atoms with E-state index >= 15 is 0 Å². The molecule has 2 rings (SSSR count). The second-order valence-electron chi connectivity index (χ2n) is 4.38. The van der Waals surface area contributed by atoms with Gasteiger partial charge >= 0.3 is 0 Å². The number of sulfonamides is 1. The van der Waals surface area contributed by atoms with Crippen LogP contribution < -0.4 is 10.0 Å². The molecule has 0 bridgehead atoms. The van der Waals surface area contributed by atoms with Gasteiger partial charge in [-0.25, -0.2) is 13.4 Å². The number of anilines is 2. The number of aromatic nitrogens is 1. The number of benzene rings is 1. The SMILES string of the molecule is CCN(c1ccccc1C)S(=O)(=O)c1ccc(N)nc1. The van der Waals surface area contributed by atoms with Gasteiger partial charge in [-0.2, -0.15) is 0 Å². The van der Waals surface area contributed by atoms with Crippen molar-refractivity contribution in [2.45, 2.75) is 18.7 Å². The summed E-state index contributed by atoms with van der Waals surface area (Å²) in [6, 6.07) is 10.3. The number of hydrogen-bond acceptors (Lipinski definition) is 4. The monoisotopic (exact) mass is 291 g/mol. The fourth-order valence-corrected chi connectivity index (χ4v) is 3.47. The van der Waals surface area contributed by atoms with E-state index in [1.54, 1.807) is 13.0 Å². The average Bonchev–Trinajstić information content (AvgIpc) is 2.42. The molecule has 0 radical (unpaired) electrons. The van der Waals surface area contributed by atoms with Crippen LogP contribution in [0, 0.1) is 6.92 Å². The van der Waals surface area contributed by atoms with Gasteiger partial charge in [0.25, 0.3) is 10.0 Å². The number of rotatable bonds is 4. The molecule has 0 saturated heterocycles. The van der Waals surface area contributed by atoms with Crippen molar-refractivity contribution in [2.24, 2.45) is 0 Å². The third-order valence-corrected chi connectivity index (χ3v) is 4.89. The lowest BCUT2D eigenvalue weighted by atomic mass is 10.2. The standard InChI is InChI=1S/C14H17N3O2S/c1-3-17(13-7-5-4-6-11(13)2)20(18,19)12-8-9-14(15)16-10-12/h4-10H,3H2,1-2H3,(H2,15,16). The van der Waals surface area contributed by atoms with Crippen LogP contribution in [0.15, 0.2) is 47.5 Å². The highest BCUT2D eigenvalue weighted by Crippen LogP contribution is 2.26. The predicted molar refractivity (Wildman–Crippen MR) is 80.0 cm³/mol. The predicted octanol–water partition coefficient (Wildman–Crippen LogP) is 2.19. The van der Waals surface area contributed by atoms with Crippen molar-refractivity contribution in [3.63, 3.8) is 0 Å². The Balaban J connectivity index is 2.51. The number of hydrogen-bond donors (Lipinski definition) is 1. The van der Waals surface area contributed by atoms with Gasteiger partial charge in [0.1, 0.15) is 10.7 Å². The van der Waals surface area contributed by atoms with Crippen molar-refractivity contribution in [3.05, 3.63) is 48.2 Å². The molecule has 0 spiro atoms. The third kappa shape index (κ3) is 2.60. The topological polar surface area (TPSA) is 76.3 Å². The minimum absolute atomic E-state index is 0.136. The molecule has 0 aliphatic rings. The van der Waals surface area contributed by atoms with Crippen LogP contribution in [-0.4, -0.2) is 19.9 Å². The lowest BCUT2D eigenvalue weighted by molar-refractivity contribution is 0.591. The van der Waals surface area contributed by atoms with E-state index in [0.717, 1.165) is 5.56 Å². The summed E-state index contributed by atoms with van der Waals surface area (Å²) in [6.45, 7) is 4.03. The number of nitrogens with two attached hydrogens (primary N) is 1. The zero-order chi connectivity index (χ0) is 14.8. The van der Waals surface area contributed by atoms with Crippen molar-refractivity contribution in [1.82, 2.24) is 4.98 Å². The molecular formula is C14H17N3O2S. The minimum Gasteiger partial charge on any atom is -0.384 e. The van der Waals surface area contributed by atoms with Crippen LogP contribution >= 0.6 is 0 Å². The van der Waals surface area contributed by atoms with Crippen molar-refractivity contribution >= 4 is 21.5 Å². The number of aryl methyl sites for hydroxylation is 1. The summed E-state index contributed by atoms with van der Waals surface area (Å²) in [5, 5.41) is 0. The number of nitrogens with zero attached hydrogens (tertiary/aromatic N) is 2. The molecule has 1 heterocycles. The Morgan fingerprint density at radius 2 is 1.90 bits per heavy atom. The van der Waals surface area contributed by atoms with E-state index in [9.17, 15) is 8.42 Å². The van der Waals surface area contributed by atoms with Crippen LogP contribution in [0.5, 0.6) is 0 Å². The fourth-order valence-electron chi connectivity index (χ4n) is 1.98. The van der Waals surface area contributed by atoms with Crippen molar-refractivity contribution in [1.29, 1.82) is 0 Å². The van der Waals surface area contributed by atoms with Gasteiger partial charge in [-0.15, -0.1) is 0 Å². The summed E-state index contributed by atoms with van der Waals surface area (Å²) in [4.78, 5) is 3.99. The largest absolute Gasteiger partial charge is 0.384 e. The second kappa shape index (κ2) is 5.50. The summed E-state index contributed by atoms with van der Waals surface area (Å²) in [5.74, 6) is 0.294. The molecule has 0 fully saturated rings. The van der Waals surface area contributed by atoms with E-state index in [2.05, 4.69) is 4.98 Å². The smallest absolute Gasteiger partial charge is 0.265 e. The molecule has 0 amide bonds. The molecule has 0 aliphatic carbocycles. The van der Waals surface area contributed by atoms with Crippen LogP contribution in [0.4, 0.5) is 11.5 Å². The molecule has 2 N–H and O–H groups in total. The zero-order valence-electron chi connectivity index (χ0n) is 11.4. The second-order valence-corrected chi connectivity index (χ2v) is 6.24. The molecule has 0 saturated carbocycles. The lowest BCUT2D eigenvalue weighted by Gasteiger charge is -2.24. The Kier molecular flexibility index (Phi) is 3.94. The van der Waals surface area contributed by atoms with Gasteiger partial charge in [0, 0.05) is 12.7 Å².